The van der Waals surface area contributed by atoms with Gasteiger partial charge in [-0.2, -0.15) is 0 Å². The molecule has 2 N–H and O–H groups in total. The molecule has 0 fully saturated rings. The molecule has 0 saturated heterocycles. The summed E-state index contributed by atoms with van der Waals surface area (Å²) in [6.07, 6.45) is 1.72. The van der Waals surface area contributed by atoms with E-state index in [0.717, 1.165) is 6.08 Å². The summed E-state index contributed by atoms with van der Waals surface area (Å²) < 4.78 is 0. The molecule has 0 aliphatic rings. The zero-order valence-corrected chi connectivity index (χ0v) is 3.26. The summed E-state index contributed by atoms with van der Waals surface area (Å²) in [5.41, 5.74) is 0. The zero-order valence-electron chi connectivity index (χ0n) is 3.26. The Kier molecular flexibility index (Phi) is 1.97. The molecule has 0 aliphatic heterocycles. The first kappa shape index (κ1) is 5.08. The molecule has 2 heteroatoms. The van der Waals surface area contributed by atoms with Gasteiger partial charge in [0.25, 0.3) is 0 Å². The Balaban J connectivity index is 3.50. The summed E-state index contributed by atoms with van der Waals surface area (Å²) in [7, 11) is 0. The highest BCUT2D eigenvalue weighted by atomic mass is 16.3. The average molecular weight is 86.1 g/mol. The molecule has 0 aromatic heterocycles. The van der Waals surface area contributed by atoms with Crippen LogP contribution in [0.3, 0.4) is 0 Å². The molecule has 0 radical (unpaired) electrons. The highest BCUT2D eigenvalue weighted by Crippen LogP contribution is 1.81. The lowest BCUT2D eigenvalue weighted by atomic mass is 10.5. The van der Waals surface area contributed by atoms with Gasteiger partial charge >= 0.3 is 0 Å². The summed E-state index contributed by atoms with van der Waals surface area (Å²) >= 11 is 0. The first-order valence-electron chi connectivity index (χ1n) is 1.47. The van der Waals surface area contributed by atoms with E-state index in [-0.39, 0.29) is 5.76 Å². The van der Waals surface area contributed by atoms with E-state index >= 15 is 0 Å². The molecular formula is C4H6O2. The van der Waals surface area contributed by atoms with Crippen LogP contribution in [-0.2, 0) is 0 Å². The Morgan fingerprint density at radius 2 is 2.17 bits per heavy atom. The van der Waals surface area contributed by atoms with Gasteiger partial charge in [-0.05, 0) is 6.08 Å². The van der Waals surface area contributed by atoms with Crippen LogP contribution in [0.1, 0.15) is 0 Å². The summed E-state index contributed by atoms with van der Waals surface area (Å²) in [5.74, 6) is -0.213. The second-order valence-electron chi connectivity index (χ2n) is 0.758. The minimum absolute atomic E-state index is 0.213. The van der Waals surface area contributed by atoms with E-state index in [2.05, 4.69) is 6.58 Å². The van der Waals surface area contributed by atoms with Crippen molar-refractivity contribution < 1.29 is 10.2 Å². The first-order chi connectivity index (χ1) is 2.81. The molecule has 0 aliphatic carbocycles. The third-order valence-corrected chi connectivity index (χ3v) is 0.341. The lowest BCUT2D eigenvalue weighted by molar-refractivity contribution is 0.378. The van der Waals surface area contributed by atoms with Crippen molar-refractivity contribution >= 4 is 0 Å². The van der Waals surface area contributed by atoms with Crippen molar-refractivity contribution in [2.24, 2.45) is 0 Å². The van der Waals surface area contributed by atoms with Crippen LogP contribution in [0, 0.1) is 0 Å². The number of allylic oxidation sites excluding steroid dienone is 1. The number of aliphatic hydroxyl groups excluding tert-OH is 2. The molecule has 0 atom stereocenters. The molecule has 0 rings (SSSR count). The van der Waals surface area contributed by atoms with Crippen molar-refractivity contribution in [1.82, 2.24) is 0 Å². The van der Waals surface area contributed by atoms with E-state index in [1.165, 1.54) is 0 Å². The predicted octanol–water partition coefficient (Wildman–Crippen LogP) is 1.13. The number of rotatable bonds is 1. The Bertz CT molecular complexity index is 73.6. The van der Waals surface area contributed by atoms with Gasteiger partial charge < -0.3 is 10.2 Å². The van der Waals surface area contributed by atoms with Gasteiger partial charge in [-0.1, -0.05) is 6.58 Å². The van der Waals surface area contributed by atoms with Crippen LogP contribution in [0.2, 0.25) is 0 Å². The maximum atomic E-state index is 8.16. The van der Waals surface area contributed by atoms with E-state index in [1.807, 2.05) is 0 Å². The molecular weight excluding hydrogens is 80.0 g/mol. The summed E-state index contributed by atoms with van der Waals surface area (Å²) in [6.45, 7) is 3.15. The predicted molar refractivity (Wildman–Crippen MR) is 23.5 cm³/mol. The fourth-order valence-corrected chi connectivity index (χ4v) is 0.0527. The maximum absolute atomic E-state index is 8.16. The lowest BCUT2D eigenvalue weighted by Gasteiger charge is -1.78. The van der Waals surface area contributed by atoms with E-state index < -0.39 is 0 Å². The van der Waals surface area contributed by atoms with Crippen LogP contribution in [0.15, 0.2) is 24.7 Å². The molecule has 0 unspecified atom stereocenters. The van der Waals surface area contributed by atoms with Crippen molar-refractivity contribution in [2.45, 2.75) is 0 Å². The van der Waals surface area contributed by atoms with Crippen LogP contribution in [0.4, 0.5) is 0 Å². The summed E-state index contributed by atoms with van der Waals surface area (Å²) in [5, 5.41) is 16.0. The van der Waals surface area contributed by atoms with Gasteiger partial charge in [-0.15, -0.1) is 0 Å². The molecule has 6 heavy (non-hydrogen) atoms. The maximum Gasteiger partial charge on any atom is 0.149 e. The van der Waals surface area contributed by atoms with Crippen molar-refractivity contribution in [3.05, 3.63) is 24.7 Å². The standard InChI is InChI=1S/C4H6O2/c1-2-4(6)3-5/h2-3,5-6H,1H2. The fraction of sp³-hybridized carbons (Fsp3) is 0. The largest absolute Gasteiger partial charge is 0.512 e. The van der Waals surface area contributed by atoms with Crippen LogP contribution < -0.4 is 0 Å². The van der Waals surface area contributed by atoms with E-state index in [4.69, 9.17) is 10.2 Å². The molecule has 0 saturated carbocycles. The molecule has 0 aromatic carbocycles. The van der Waals surface area contributed by atoms with E-state index in [1.54, 1.807) is 0 Å². The summed E-state index contributed by atoms with van der Waals surface area (Å²) in [6, 6.07) is 0. The van der Waals surface area contributed by atoms with Crippen LogP contribution >= 0.6 is 0 Å². The Morgan fingerprint density at radius 3 is 2.17 bits per heavy atom. The van der Waals surface area contributed by atoms with Crippen LogP contribution in [-0.4, -0.2) is 10.2 Å². The van der Waals surface area contributed by atoms with Gasteiger partial charge in [-0.25, -0.2) is 0 Å². The molecule has 2 nitrogen and oxygen atoms in total. The molecule has 0 aromatic rings. The van der Waals surface area contributed by atoms with Gasteiger partial charge in [-0.3, -0.25) is 0 Å². The van der Waals surface area contributed by atoms with E-state index in [9.17, 15) is 0 Å². The number of hydrogen-bond donors (Lipinski definition) is 2. The number of aliphatic hydroxyl groups is 2. The van der Waals surface area contributed by atoms with Crippen molar-refractivity contribution in [1.29, 1.82) is 0 Å². The molecule has 0 spiro atoms. The normalized spacial score (nSPS) is 11.0. The molecule has 0 amide bonds. The SMILES string of the molecule is C=CC(O)=CO. The Hall–Kier alpha value is -0.920. The highest BCUT2D eigenvalue weighted by molar-refractivity contribution is 5.01. The summed E-state index contributed by atoms with van der Waals surface area (Å²) in [4.78, 5) is 0. The molecule has 0 heterocycles. The minimum Gasteiger partial charge on any atom is -0.512 e. The minimum atomic E-state index is -0.213. The van der Waals surface area contributed by atoms with Crippen LogP contribution in [0.25, 0.3) is 0 Å². The first-order valence-corrected chi connectivity index (χ1v) is 1.47. The zero-order chi connectivity index (χ0) is 4.99. The average Bonchev–Trinajstić information content (AvgIpc) is 1.65. The van der Waals surface area contributed by atoms with Crippen molar-refractivity contribution in [3.8, 4) is 0 Å². The van der Waals surface area contributed by atoms with Gasteiger partial charge in [0.1, 0.15) is 12.0 Å². The third kappa shape index (κ3) is 1.40. The Morgan fingerprint density at radius 1 is 1.67 bits per heavy atom. The number of hydrogen-bond acceptors (Lipinski definition) is 2. The molecule has 0 bridgehead atoms. The van der Waals surface area contributed by atoms with Gasteiger partial charge in [0.15, 0.2) is 0 Å². The highest BCUT2D eigenvalue weighted by Gasteiger charge is 1.72. The monoisotopic (exact) mass is 86.0 g/mol. The quantitative estimate of drug-likeness (QED) is 0.371. The second-order valence-corrected chi connectivity index (χ2v) is 0.758. The Labute approximate surface area is 36.0 Å². The van der Waals surface area contributed by atoms with Crippen LogP contribution in [0.5, 0.6) is 0 Å². The van der Waals surface area contributed by atoms with Gasteiger partial charge in [0.2, 0.25) is 0 Å². The molecule has 34 valence electrons. The topological polar surface area (TPSA) is 40.5 Å². The van der Waals surface area contributed by atoms with Gasteiger partial charge in [0, 0.05) is 0 Å². The third-order valence-electron chi connectivity index (χ3n) is 0.341. The second kappa shape index (κ2) is 2.33. The van der Waals surface area contributed by atoms with Gasteiger partial charge in [0.05, 0.1) is 0 Å². The smallest absolute Gasteiger partial charge is 0.149 e. The fourth-order valence-electron chi connectivity index (χ4n) is 0.0527. The van der Waals surface area contributed by atoms with Crippen molar-refractivity contribution in [2.75, 3.05) is 0 Å². The van der Waals surface area contributed by atoms with Crippen molar-refractivity contribution in [3.63, 3.8) is 0 Å². The lowest BCUT2D eigenvalue weighted by Crippen LogP contribution is -1.67. The van der Waals surface area contributed by atoms with E-state index in [0.29, 0.717) is 6.26 Å².